The minimum Gasteiger partial charge on any atom is -1.00 e. The van der Waals surface area contributed by atoms with Crippen molar-refractivity contribution in [2.75, 3.05) is 0 Å². The van der Waals surface area contributed by atoms with Crippen LogP contribution in [0.5, 0.6) is 0 Å². The smallest absolute Gasteiger partial charge is 1.00 e. The van der Waals surface area contributed by atoms with Gasteiger partial charge >= 0.3 is 241 Å². The van der Waals surface area contributed by atoms with Gasteiger partial charge in [-0.2, -0.15) is 0 Å². The van der Waals surface area contributed by atoms with Crippen LogP contribution < -0.4 is 24.8 Å². The molecule has 2 atom stereocenters. The van der Waals surface area contributed by atoms with Crippen LogP contribution >= 0.6 is 0 Å². The Balaban J connectivity index is 0.00000161. The van der Waals surface area contributed by atoms with E-state index < -0.39 is 31.3 Å². The van der Waals surface area contributed by atoms with Gasteiger partial charge in [-0.1, -0.05) is 0 Å². The molecule has 0 fully saturated rings. The van der Waals surface area contributed by atoms with E-state index in [9.17, 15) is 0 Å². The zero-order chi connectivity index (χ0) is 26.0. The summed E-state index contributed by atoms with van der Waals surface area (Å²) in [5, 5.41) is 3.44. The van der Waals surface area contributed by atoms with E-state index in [0.717, 1.165) is 12.8 Å². The number of allylic oxidation sites excluding steroid dienone is 2. The first-order valence-electron chi connectivity index (χ1n) is 14.2. The number of benzene rings is 4. The molecule has 3 aliphatic rings. The van der Waals surface area contributed by atoms with Crippen LogP contribution in [0.25, 0.3) is 21.5 Å². The van der Waals surface area contributed by atoms with Crippen molar-refractivity contribution in [2.45, 2.75) is 47.0 Å². The van der Waals surface area contributed by atoms with E-state index in [2.05, 4.69) is 124 Å². The molecule has 0 nitrogen and oxygen atoms in total. The van der Waals surface area contributed by atoms with Crippen molar-refractivity contribution in [3.63, 3.8) is 0 Å². The first kappa shape index (κ1) is 29.5. The maximum Gasteiger partial charge on any atom is -1.00 e. The van der Waals surface area contributed by atoms with E-state index in [1.54, 1.807) is 43.8 Å². The van der Waals surface area contributed by atoms with Crippen molar-refractivity contribution in [1.29, 1.82) is 0 Å². The van der Waals surface area contributed by atoms with Crippen molar-refractivity contribution in [1.82, 2.24) is 0 Å². The molecule has 4 aromatic rings. The van der Waals surface area contributed by atoms with Gasteiger partial charge in [0, 0.05) is 0 Å². The first-order valence-corrected chi connectivity index (χ1v) is 20.0. The van der Waals surface area contributed by atoms with Crippen LogP contribution in [0, 0.1) is 0 Å². The Hall–Kier alpha value is -1.96. The molecular weight excluding hydrogens is 623 g/mol. The minimum absolute atomic E-state index is 0. The molecule has 0 amide bonds. The molecule has 4 aromatic carbocycles. The summed E-state index contributed by atoms with van der Waals surface area (Å²) in [5.41, 5.74) is 15.9. The van der Waals surface area contributed by atoms with Crippen LogP contribution in [0.4, 0.5) is 0 Å². The molecule has 4 heteroatoms. The normalized spacial score (nSPS) is 19.3. The molecule has 0 N–H and O–H groups in total. The van der Waals surface area contributed by atoms with E-state index in [4.69, 9.17) is 0 Å². The zero-order valence-corrected chi connectivity index (χ0v) is 28.5. The largest absolute Gasteiger partial charge is 1.00 e. The van der Waals surface area contributed by atoms with E-state index in [-0.39, 0.29) is 24.8 Å². The molecule has 1 heterocycles. The van der Waals surface area contributed by atoms with Gasteiger partial charge in [0.25, 0.3) is 0 Å². The van der Waals surface area contributed by atoms with Crippen molar-refractivity contribution >= 4 is 29.6 Å². The topological polar surface area (TPSA) is 0 Å². The van der Waals surface area contributed by atoms with Gasteiger partial charge in [0.1, 0.15) is 0 Å². The van der Waals surface area contributed by atoms with Gasteiger partial charge in [0.2, 0.25) is 0 Å². The van der Waals surface area contributed by atoms with Gasteiger partial charge in [-0.05, 0) is 0 Å². The number of rotatable bonds is 4. The molecule has 1 aliphatic heterocycles. The molecule has 4 bridgehead atoms. The summed E-state index contributed by atoms with van der Waals surface area (Å²) in [4.78, 5) is 0. The molecule has 0 spiro atoms. The summed E-state index contributed by atoms with van der Waals surface area (Å²) in [5.74, 6) is 0. The van der Waals surface area contributed by atoms with Crippen LogP contribution in [0.3, 0.4) is 0 Å². The number of aryl methyl sites for hydroxylation is 2. The molecule has 0 saturated carbocycles. The third-order valence-electron chi connectivity index (χ3n) is 9.16. The van der Waals surface area contributed by atoms with E-state index in [1.165, 1.54) is 22.3 Å². The predicted octanol–water partition coefficient (Wildman–Crippen LogP) is 3.33. The molecule has 0 saturated heterocycles. The molecule has 2 aliphatic carbocycles. The number of hydrogen-bond acceptors (Lipinski definition) is 0. The Morgan fingerprint density at radius 2 is 0.875 bits per heavy atom. The van der Waals surface area contributed by atoms with Crippen LogP contribution in [0.1, 0.15) is 65.6 Å². The summed E-state index contributed by atoms with van der Waals surface area (Å²) in [6.07, 6.45) is 2.18. The summed E-state index contributed by atoms with van der Waals surface area (Å²) < 4.78 is 1.18. The monoisotopic (exact) mass is 654 g/mol. The SMILES string of the molecule is CCc1ccccc1C1=C2c3ccccc3[CH]1[Zr+2][CH]1C(c3ccccc3CC)=C(c3ccccc31)[Si]2(C)C.[Cl-].[Cl-]. The second-order valence-corrected chi connectivity index (χ2v) is 19.3. The average Bonchev–Trinajstić information content (AvgIpc) is 3.48. The van der Waals surface area contributed by atoms with E-state index in [1.807, 2.05) is 0 Å². The standard InChI is InChI=1S/C36H34Si.2ClH.Zr/c1-5-25-15-7-11-19-29(25)33-23-27-17-9-13-21-31(27)35(33)37(3,4)36-32-22-14-10-18-28(32)24-34(36)30-20-12-8-16-26(30)6-2;;;/h7-24H,5-6H2,1-4H3;2*1H;/q;;;+2/p-2. The van der Waals surface area contributed by atoms with Crippen molar-refractivity contribution < 1.29 is 48.0 Å². The fraction of sp³-hybridized carbons (Fsp3) is 0.222. The van der Waals surface area contributed by atoms with Crippen LogP contribution in [0.2, 0.25) is 13.1 Å². The molecule has 40 heavy (non-hydrogen) atoms. The molecule has 0 radical (unpaired) electrons. The van der Waals surface area contributed by atoms with Crippen molar-refractivity contribution in [2.24, 2.45) is 0 Å². The fourth-order valence-electron chi connectivity index (χ4n) is 7.59. The second-order valence-electron chi connectivity index (χ2n) is 11.4. The van der Waals surface area contributed by atoms with E-state index >= 15 is 0 Å². The van der Waals surface area contributed by atoms with Gasteiger partial charge in [0.15, 0.2) is 0 Å². The fourth-order valence-corrected chi connectivity index (χ4v) is 17.5. The Labute approximate surface area is 264 Å². The van der Waals surface area contributed by atoms with Crippen molar-refractivity contribution in [3.8, 4) is 0 Å². The molecule has 7 rings (SSSR count). The summed E-state index contributed by atoms with van der Waals surface area (Å²) in [7, 11) is -2.13. The Bertz CT molecular complexity index is 1540. The number of hydrogen-bond donors (Lipinski definition) is 0. The maximum absolute atomic E-state index is 2.66. The average molecular weight is 657 g/mol. The Morgan fingerprint density at radius 3 is 1.27 bits per heavy atom. The zero-order valence-electron chi connectivity index (χ0n) is 23.6. The van der Waals surface area contributed by atoms with Gasteiger partial charge in [-0.25, -0.2) is 0 Å². The third kappa shape index (κ3) is 4.25. The maximum atomic E-state index is 2.66. The van der Waals surface area contributed by atoms with E-state index in [0.29, 0.717) is 7.25 Å². The summed E-state index contributed by atoms with van der Waals surface area (Å²) in [6.45, 7) is 9.98. The minimum atomic E-state index is -2.13. The summed E-state index contributed by atoms with van der Waals surface area (Å²) in [6, 6.07) is 37.6. The van der Waals surface area contributed by atoms with Crippen molar-refractivity contribution in [3.05, 3.63) is 142 Å². The second kappa shape index (κ2) is 11.4. The van der Waals surface area contributed by atoms with Crippen LogP contribution in [0.15, 0.2) is 97.1 Å². The predicted molar refractivity (Wildman–Crippen MR) is 161 cm³/mol. The van der Waals surface area contributed by atoms with Crippen LogP contribution in [-0.4, -0.2) is 8.07 Å². The molecule has 200 valence electrons. The van der Waals surface area contributed by atoms with Gasteiger partial charge < -0.3 is 24.8 Å². The first-order chi connectivity index (χ1) is 18.6. The Morgan fingerprint density at radius 1 is 0.525 bits per heavy atom. The number of fused-ring (bicyclic) bond motifs is 8. The summed E-state index contributed by atoms with van der Waals surface area (Å²) >= 11 is -1.02. The van der Waals surface area contributed by atoms with Gasteiger partial charge in [0.05, 0.1) is 0 Å². The molecule has 2 unspecified atom stereocenters. The molecule has 0 aromatic heterocycles. The Kier molecular flexibility index (Phi) is 8.40. The number of halogens is 2. The van der Waals surface area contributed by atoms with Gasteiger partial charge in [-0.3, -0.25) is 0 Å². The van der Waals surface area contributed by atoms with Crippen LogP contribution in [-0.2, 0) is 36.1 Å². The third-order valence-corrected chi connectivity index (χ3v) is 17.3. The van der Waals surface area contributed by atoms with Gasteiger partial charge in [-0.15, -0.1) is 0 Å². The quantitative estimate of drug-likeness (QED) is 0.296. The molecular formula is C36H34Cl2SiZr.